The number of hydrogen-bond donors (Lipinski definition) is 0. The number of ether oxygens (including phenoxy) is 2. The molecule has 0 amide bonds. The Bertz CT molecular complexity index is 1140. The van der Waals surface area contributed by atoms with E-state index in [0.717, 1.165) is 59.9 Å². The van der Waals surface area contributed by atoms with Crippen LogP contribution in [0.2, 0.25) is 0 Å². The number of aromatic nitrogens is 1. The van der Waals surface area contributed by atoms with Crippen molar-refractivity contribution < 1.29 is 17.9 Å². The smallest absolute Gasteiger partial charge is 0.268 e. The van der Waals surface area contributed by atoms with Crippen LogP contribution in [-0.4, -0.2) is 25.3 Å². The maximum absolute atomic E-state index is 13.4. The Morgan fingerprint density at radius 1 is 1.13 bits per heavy atom. The third-order valence-electron chi connectivity index (χ3n) is 5.84. The van der Waals surface area contributed by atoms with Crippen molar-refractivity contribution in [2.24, 2.45) is 0 Å². The lowest BCUT2D eigenvalue weighted by Crippen LogP contribution is -2.22. The Kier molecular flexibility index (Phi) is 6.00. The second-order valence-electron chi connectivity index (χ2n) is 7.98. The van der Waals surface area contributed by atoms with Crippen molar-refractivity contribution in [3.63, 3.8) is 0 Å². The molecule has 1 fully saturated rings. The van der Waals surface area contributed by atoms with Crippen LogP contribution in [0.3, 0.4) is 0 Å². The van der Waals surface area contributed by atoms with E-state index in [-0.39, 0.29) is 11.2 Å². The van der Waals surface area contributed by atoms with Gasteiger partial charge in [0, 0.05) is 18.2 Å². The van der Waals surface area contributed by atoms with Gasteiger partial charge in [0.25, 0.3) is 10.0 Å². The van der Waals surface area contributed by atoms with Gasteiger partial charge in [-0.3, -0.25) is 0 Å². The predicted molar refractivity (Wildman–Crippen MR) is 118 cm³/mol. The summed E-state index contributed by atoms with van der Waals surface area (Å²) in [5, 5.41) is 0.929. The monoisotopic (exact) mass is 427 g/mol. The van der Waals surface area contributed by atoms with Crippen LogP contribution >= 0.6 is 0 Å². The molecule has 1 unspecified atom stereocenters. The molecule has 6 heteroatoms. The molecular weight excluding hydrogens is 398 g/mol. The number of fused-ring (bicyclic) bond motifs is 1. The van der Waals surface area contributed by atoms with Crippen molar-refractivity contribution in [1.82, 2.24) is 3.97 Å². The zero-order chi connectivity index (χ0) is 21.3. The van der Waals surface area contributed by atoms with Gasteiger partial charge in [0.1, 0.15) is 0 Å². The quantitative estimate of drug-likeness (QED) is 0.549. The second-order valence-corrected chi connectivity index (χ2v) is 9.80. The number of aryl methyl sites for hydroxylation is 3. The molecule has 0 radical (unpaired) electrons. The highest BCUT2D eigenvalue weighted by molar-refractivity contribution is 7.90. The fourth-order valence-electron chi connectivity index (χ4n) is 4.16. The molecule has 0 bridgehead atoms. The second kappa shape index (κ2) is 8.53. The number of benzene rings is 2. The average molecular weight is 428 g/mol. The number of nitrogens with zero attached hydrogens (tertiary/aromatic N) is 1. The van der Waals surface area contributed by atoms with Crippen LogP contribution in [0.25, 0.3) is 10.9 Å². The Morgan fingerprint density at radius 3 is 2.57 bits per heavy atom. The molecule has 1 atom stereocenters. The first-order chi connectivity index (χ1) is 14.4. The lowest BCUT2D eigenvalue weighted by Gasteiger charge is -2.23. The highest BCUT2D eigenvalue weighted by Gasteiger charge is 2.23. The normalized spacial score (nSPS) is 17.5. The van der Waals surface area contributed by atoms with E-state index in [1.807, 2.05) is 32.0 Å². The number of rotatable bonds is 6. The van der Waals surface area contributed by atoms with Crippen molar-refractivity contribution in [2.75, 3.05) is 6.61 Å². The lowest BCUT2D eigenvalue weighted by atomic mass is 9.98. The van der Waals surface area contributed by atoms with Crippen molar-refractivity contribution in [1.29, 1.82) is 0 Å². The topological polar surface area (TPSA) is 57.5 Å². The van der Waals surface area contributed by atoms with Crippen molar-refractivity contribution in [3.8, 4) is 0 Å². The Hall–Kier alpha value is -2.15. The fraction of sp³-hybridized carbons (Fsp3) is 0.417. The summed E-state index contributed by atoms with van der Waals surface area (Å²) in [5.74, 6) is 0. The van der Waals surface area contributed by atoms with E-state index in [2.05, 4.69) is 13.0 Å². The molecule has 1 aliphatic heterocycles. The van der Waals surface area contributed by atoms with Gasteiger partial charge in [-0.1, -0.05) is 30.7 Å². The zero-order valence-corrected chi connectivity index (χ0v) is 18.7. The van der Waals surface area contributed by atoms with E-state index >= 15 is 0 Å². The molecule has 0 N–H and O–H groups in total. The van der Waals surface area contributed by atoms with Crippen LogP contribution in [0.4, 0.5) is 0 Å². The minimum absolute atomic E-state index is 0.182. The molecule has 30 heavy (non-hydrogen) atoms. The number of hydrogen-bond acceptors (Lipinski definition) is 4. The standard InChI is InChI=1S/C24H29NO4S/c1-4-19-15-18(3)24-21(22(19)16-29-23-7-5-6-14-28-23)12-13-25(24)30(26,27)20-10-8-17(2)9-11-20/h8-13,15,23H,4-7,14,16H2,1-3H3. The van der Waals surface area contributed by atoms with Gasteiger partial charge in [-0.2, -0.15) is 0 Å². The van der Waals surface area contributed by atoms with Gasteiger partial charge in [-0.25, -0.2) is 12.4 Å². The molecule has 1 saturated heterocycles. The minimum Gasteiger partial charge on any atom is -0.353 e. The third kappa shape index (κ3) is 3.92. The molecular formula is C24H29NO4S. The predicted octanol–water partition coefficient (Wildman–Crippen LogP) is 5.10. The SMILES string of the molecule is CCc1cc(C)c2c(ccn2S(=O)(=O)c2ccc(C)cc2)c1COC1CCCCO1. The van der Waals surface area contributed by atoms with Gasteiger partial charge in [0.2, 0.25) is 0 Å². The van der Waals surface area contributed by atoms with Gasteiger partial charge < -0.3 is 9.47 Å². The van der Waals surface area contributed by atoms with Crippen LogP contribution in [0.1, 0.15) is 48.4 Å². The Balaban J connectivity index is 1.77. The van der Waals surface area contributed by atoms with Gasteiger partial charge in [-0.15, -0.1) is 0 Å². The molecule has 160 valence electrons. The molecule has 0 spiro atoms. The summed E-state index contributed by atoms with van der Waals surface area (Å²) < 4.78 is 39.9. The summed E-state index contributed by atoms with van der Waals surface area (Å²) in [5.41, 5.74) is 4.92. The van der Waals surface area contributed by atoms with Crippen LogP contribution in [0.15, 0.2) is 47.5 Å². The average Bonchev–Trinajstić information content (AvgIpc) is 3.21. The Morgan fingerprint density at radius 2 is 1.90 bits per heavy atom. The maximum Gasteiger partial charge on any atom is 0.268 e. The third-order valence-corrected chi connectivity index (χ3v) is 7.53. The van der Waals surface area contributed by atoms with E-state index < -0.39 is 10.0 Å². The highest BCUT2D eigenvalue weighted by atomic mass is 32.2. The molecule has 1 aliphatic rings. The molecule has 0 saturated carbocycles. The van der Waals surface area contributed by atoms with Gasteiger partial charge in [0.15, 0.2) is 6.29 Å². The van der Waals surface area contributed by atoms with Crippen LogP contribution in [0, 0.1) is 13.8 Å². The van der Waals surface area contributed by atoms with Crippen LogP contribution < -0.4 is 0 Å². The van der Waals surface area contributed by atoms with Crippen molar-refractivity contribution in [3.05, 3.63) is 64.8 Å². The highest BCUT2D eigenvalue weighted by Crippen LogP contribution is 2.31. The van der Waals surface area contributed by atoms with Gasteiger partial charge >= 0.3 is 0 Å². The van der Waals surface area contributed by atoms with Gasteiger partial charge in [-0.05, 0) is 74.4 Å². The molecule has 3 aromatic rings. The molecule has 1 aromatic heterocycles. The summed E-state index contributed by atoms with van der Waals surface area (Å²) in [6.45, 7) is 7.18. The molecule has 2 heterocycles. The van der Waals surface area contributed by atoms with E-state index in [4.69, 9.17) is 9.47 Å². The first kappa shape index (κ1) is 21.1. The summed E-state index contributed by atoms with van der Waals surface area (Å²) in [4.78, 5) is 0.290. The zero-order valence-electron chi connectivity index (χ0n) is 17.8. The molecule has 5 nitrogen and oxygen atoms in total. The van der Waals surface area contributed by atoms with E-state index in [1.54, 1.807) is 18.3 Å². The fourth-order valence-corrected chi connectivity index (χ4v) is 5.57. The van der Waals surface area contributed by atoms with E-state index in [9.17, 15) is 8.42 Å². The van der Waals surface area contributed by atoms with Crippen molar-refractivity contribution >= 4 is 20.9 Å². The summed E-state index contributed by atoms with van der Waals surface area (Å²) in [6, 6.07) is 11.0. The van der Waals surface area contributed by atoms with Crippen LogP contribution in [-0.2, 0) is 32.5 Å². The molecule has 2 aromatic carbocycles. The maximum atomic E-state index is 13.4. The Labute approximate surface area is 178 Å². The first-order valence-corrected chi connectivity index (χ1v) is 12.0. The minimum atomic E-state index is -3.68. The lowest BCUT2D eigenvalue weighted by molar-refractivity contribution is -0.168. The molecule has 0 aliphatic carbocycles. The largest absolute Gasteiger partial charge is 0.353 e. The summed E-state index contributed by atoms with van der Waals surface area (Å²) in [6.07, 6.45) is 5.43. The van der Waals surface area contributed by atoms with E-state index in [0.29, 0.717) is 6.61 Å². The van der Waals surface area contributed by atoms with Crippen LogP contribution in [0.5, 0.6) is 0 Å². The van der Waals surface area contributed by atoms with E-state index in [1.165, 1.54) is 9.54 Å². The first-order valence-electron chi connectivity index (χ1n) is 10.6. The van der Waals surface area contributed by atoms with Crippen molar-refractivity contribution in [2.45, 2.75) is 64.2 Å². The summed E-state index contributed by atoms with van der Waals surface area (Å²) >= 11 is 0. The molecule has 4 rings (SSSR count). The van der Waals surface area contributed by atoms with Gasteiger partial charge in [0.05, 0.1) is 17.0 Å². The summed E-state index contributed by atoms with van der Waals surface area (Å²) in [7, 11) is -3.68.